The van der Waals surface area contributed by atoms with Gasteiger partial charge < -0.3 is 21.5 Å². The topological polar surface area (TPSA) is 141 Å². The second kappa shape index (κ2) is 11.0. The number of nitrogen functional groups attached to an aromatic ring is 1. The van der Waals surface area contributed by atoms with E-state index >= 15 is 0 Å². The number of carbonyl (C=O) groups excluding carboxylic acids is 3. The number of nitrogens with zero attached hydrogens (tertiary/aromatic N) is 2. The maximum Gasteiger partial charge on any atom is 0.273 e. The number of methoxy groups -OCH3 is 1. The Kier molecular flexibility index (Phi) is 8.22. The summed E-state index contributed by atoms with van der Waals surface area (Å²) >= 11 is 0.768. The van der Waals surface area contributed by atoms with Gasteiger partial charge in [-0.3, -0.25) is 19.3 Å². The standard InChI is InChI=1S/C27H33N5O4S/c1-15(2)16-7-11-18(12-8-16)32(26(35)23-20(28)21(24(29)33)31-37-23)22(25(34)30-27(3,4)5)17-9-13-19(36-6)14-10-17/h7-15,22H,28H2,1-6H3,(H2,29,33)(H,30,34)/t22-/m1/s1. The molecule has 0 saturated heterocycles. The number of rotatable bonds is 8. The summed E-state index contributed by atoms with van der Waals surface area (Å²) in [5, 5.41) is 2.99. The number of benzene rings is 2. The number of hydrogen-bond acceptors (Lipinski definition) is 7. The first-order valence-electron chi connectivity index (χ1n) is 11.8. The molecule has 0 spiro atoms. The zero-order chi connectivity index (χ0) is 27.5. The molecule has 0 saturated carbocycles. The number of ether oxygens (including phenoxy) is 1. The Hall–Kier alpha value is -3.92. The third kappa shape index (κ3) is 6.26. The maximum atomic E-state index is 14.1. The number of aromatic nitrogens is 1. The molecule has 0 unspecified atom stereocenters. The molecule has 196 valence electrons. The molecule has 1 heterocycles. The fourth-order valence-corrected chi connectivity index (χ4v) is 4.53. The lowest BCUT2D eigenvalue weighted by atomic mass is 9.99. The molecule has 0 radical (unpaired) electrons. The fourth-order valence-electron chi connectivity index (χ4n) is 3.78. The van der Waals surface area contributed by atoms with Crippen molar-refractivity contribution >= 4 is 40.6 Å². The molecule has 0 fully saturated rings. The van der Waals surface area contributed by atoms with E-state index in [2.05, 4.69) is 23.5 Å². The monoisotopic (exact) mass is 523 g/mol. The average molecular weight is 524 g/mol. The minimum absolute atomic E-state index is 0.0174. The van der Waals surface area contributed by atoms with Crippen LogP contribution < -0.4 is 26.4 Å². The Labute approximate surface area is 221 Å². The summed E-state index contributed by atoms with van der Waals surface area (Å²) in [6, 6.07) is 13.3. The highest BCUT2D eigenvalue weighted by Crippen LogP contribution is 2.34. The summed E-state index contributed by atoms with van der Waals surface area (Å²) < 4.78 is 9.27. The summed E-state index contributed by atoms with van der Waals surface area (Å²) in [7, 11) is 1.55. The second-order valence-corrected chi connectivity index (χ2v) is 10.7. The molecule has 0 aliphatic rings. The number of anilines is 2. The third-order valence-electron chi connectivity index (χ3n) is 5.65. The first kappa shape index (κ1) is 27.7. The summed E-state index contributed by atoms with van der Waals surface area (Å²) in [5.41, 5.74) is 12.8. The summed E-state index contributed by atoms with van der Waals surface area (Å²) in [4.78, 5) is 41.0. The fraction of sp³-hybridized carbons (Fsp3) is 0.333. The molecule has 3 rings (SSSR count). The molecule has 5 N–H and O–H groups in total. The quantitative estimate of drug-likeness (QED) is 0.403. The molecule has 0 aliphatic heterocycles. The van der Waals surface area contributed by atoms with Gasteiger partial charge in [-0.25, -0.2) is 0 Å². The van der Waals surface area contributed by atoms with E-state index in [9.17, 15) is 14.4 Å². The van der Waals surface area contributed by atoms with E-state index < -0.39 is 29.3 Å². The van der Waals surface area contributed by atoms with Crippen molar-refractivity contribution in [3.8, 4) is 5.75 Å². The molecule has 0 bridgehead atoms. The van der Waals surface area contributed by atoms with Crippen molar-refractivity contribution in [1.29, 1.82) is 0 Å². The van der Waals surface area contributed by atoms with Crippen molar-refractivity contribution in [2.45, 2.75) is 52.1 Å². The number of nitrogens with one attached hydrogen (secondary N) is 1. The van der Waals surface area contributed by atoms with Crippen LogP contribution in [0, 0.1) is 0 Å². The van der Waals surface area contributed by atoms with Crippen molar-refractivity contribution < 1.29 is 19.1 Å². The van der Waals surface area contributed by atoms with Crippen LogP contribution >= 0.6 is 11.5 Å². The van der Waals surface area contributed by atoms with Crippen LogP contribution in [0.1, 0.15) is 77.9 Å². The molecule has 0 aliphatic carbocycles. The number of primary amides is 1. The van der Waals surface area contributed by atoms with Crippen LogP contribution in [0.25, 0.3) is 0 Å². The lowest BCUT2D eigenvalue weighted by molar-refractivity contribution is -0.123. The minimum Gasteiger partial charge on any atom is -0.497 e. The van der Waals surface area contributed by atoms with Gasteiger partial charge in [-0.2, -0.15) is 4.37 Å². The van der Waals surface area contributed by atoms with Crippen LogP contribution in [0.3, 0.4) is 0 Å². The Bertz CT molecular complexity index is 1280. The van der Waals surface area contributed by atoms with Crippen LogP contribution in [-0.2, 0) is 4.79 Å². The van der Waals surface area contributed by atoms with Gasteiger partial charge in [0.15, 0.2) is 5.69 Å². The van der Waals surface area contributed by atoms with Crippen LogP contribution in [0.2, 0.25) is 0 Å². The Morgan fingerprint density at radius 1 is 1.00 bits per heavy atom. The van der Waals surface area contributed by atoms with Crippen molar-refractivity contribution in [2.24, 2.45) is 5.73 Å². The predicted molar refractivity (Wildman–Crippen MR) is 146 cm³/mol. The highest BCUT2D eigenvalue weighted by atomic mass is 32.1. The summed E-state index contributed by atoms with van der Waals surface area (Å²) in [6.07, 6.45) is 0. The van der Waals surface area contributed by atoms with Gasteiger partial charge in [0.1, 0.15) is 16.7 Å². The normalized spacial score (nSPS) is 12.2. The van der Waals surface area contributed by atoms with Gasteiger partial charge in [0, 0.05) is 11.2 Å². The lowest BCUT2D eigenvalue weighted by Crippen LogP contribution is -2.49. The summed E-state index contributed by atoms with van der Waals surface area (Å²) in [5.74, 6) is -0.926. The Morgan fingerprint density at radius 2 is 1.57 bits per heavy atom. The molecule has 9 nitrogen and oxygen atoms in total. The molecular formula is C27H33N5O4S. The molecule has 10 heteroatoms. The molecule has 3 amide bonds. The molecule has 1 atom stereocenters. The van der Waals surface area contributed by atoms with Gasteiger partial charge in [-0.15, -0.1) is 0 Å². The van der Waals surface area contributed by atoms with Crippen LogP contribution in [-0.4, -0.2) is 34.7 Å². The first-order chi connectivity index (χ1) is 17.3. The zero-order valence-corrected chi connectivity index (χ0v) is 22.7. The highest BCUT2D eigenvalue weighted by molar-refractivity contribution is 7.09. The smallest absolute Gasteiger partial charge is 0.273 e. The lowest BCUT2D eigenvalue weighted by Gasteiger charge is -2.33. The van der Waals surface area contributed by atoms with E-state index in [0.29, 0.717) is 17.0 Å². The van der Waals surface area contributed by atoms with Crippen molar-refractivity contribution in [1.82, 2.24) is 9.69 Å². The van der Waals surface area contributed by atoms with Gasteiger partial charge in [0.2, 0.25) is 5.91 Å². The van der Waals surface area contributed by atoms with Gasteiger partial charge in [0.05, 0.1) is 12.8 Å². The van der Waals surface area contributed by atoms with E-state index in [4.69, 9.17) is 16.2 Å². The number of nitrogens with two attached hydrogens (primary N) is 2. The minimum atomic E-state index is -1.07. The van der Waals surface area contributed by atoms with Gasteiger partial charge in [-0.05, 0) is 73.6 Å². The van der Waals surface area contributed by atoms with Gasteiger partial charge >= 0.3 is 0 Å². The molecular weight excluding hydrogens is 490 g/mol. The maximum absolute atomic E-state index is 14.1. The molecule has 3 aromatic rings. The van der Waals surface area contributed by atoms with Crippen LogP contribution in [0.15, 0.2) is 48.5 Å². The number of hydrogen-bond donors (Lipinski definition) is 3. The van der Waals surface area contributed by atoms with Crippen molar-refractivity contribution in [3.05, 3.63) is 70.2 Å². The van der Waals surface area contributed by atoms with Crippen molar-refractivity contribution in [3.63, 3.8) is 0 Å². The first-order valence-corrected chi connectivity index (χ1v) is 12.6. The van der Waals surface area contributed by atoms with E-state index in [1.807, 2.05) is 32.9 Å². The van der Waals surface area contributed by atoms with E-state index in [1.54, 1.807) is 43.5 Å². The van der Waals surface area contributed by atoms with E-state index in [0.717, 1.165) is 17.1 Å². The van der Waals surface area contributed by atoms with Gasteiger partial charge in [0.25, 0.3) is 11.8 Å². The largest absolute Gasteiger partial charge is 0.497 e. The van der Waals surface area contributed by atoms with E-state index in [-0.39, 0.29) is 22.2 Å². The Balaban J connectivity index is 2.24. The van der Waals surface area contributed by atoms with Crippen molar-refractivity contribution in [2.75, 3.05) is 17.7 Å². The SMILES string of the molecule is COc1ccc([C@H](C(=O)NC(C)(C)C)N(C(=O)c2snc(C(N)=O)c2N)c2ccc(C(C)C)cc2)cc1. The highest BCUT2D eigenvalue weighted by Gasteiger charge is 2.37. The molecule has 1 aromatic heterocycles. The molecule has 37 heavy (non-hydrogen) atoms. The second-order valence-electron chi connectivity index (χ2n) is 9.97. The number of amides is 3. The average Bonchev–Trinajstić information content (AvgIpc) is 3.22. The third-order valence-corrected chi connectivity index (χ3v) is 6.50. The van der Waals surface area contributed by atoms with Gasteiger partial charge in [-0.1, -0.05) is 38.1 Å². The molecule has 2 aromatic carbocycles. The Morgan fingerprint density at radius 3 is 2.03 bits per heavy atom. The van der Waals surface area contributed by atoms with Crippen LogP contribution in [0.5, 0.6) is 5.75 Å². The van der Waals surface area contributed by atoms with Crippen LogP contribution in [0.4, 0.5) is 11.4 Å². The zero-order valence-electron chi connectivity index (χ0n) is 21.9. The summed E-state index contributed by atoms with van der Waals surface area (Å²) in [6.45, 7) is 9.72. The number of carbonyl (C=O) groups is 3. The van der Waals surface area contributed by atoms with E-state index in [1.165, 1.54) is 4.90 Å². The predicted octanol–water partition coefficient (Wildman–Crippen LogP) is 4.26.